The molecule has 3 aromatic carbocycles. The fourth-order valence-electron chi connectivity index (χ4n) is 4.04. The van der Waals surface area contributed by atoms with E-state index in [1.165, 1.54) is 4.90 Å². The van der Waals surface area contributed by atoms with Crippen molar-refractivity contribution in [3.05, 3.63) is 83.4 Å². The second-order valence-corrected chi connectivity index (χ2v) is 8.57. The van der Waals surface area contributed by atoms with Crippen LogP contribution < -0.4 is 19.5 Å². The lowest BCUT2D eigenvalue weighted by Gasteiger charge is -2.15. The molecule has 37 heavy (non-hydrogen) atoms. The van der Waals surface area contributed by atoms with Crippen molar-refractivity contribution in [2.24, 2.45) is 0 Å². The van der Waals surface area contributed by atoms with E-state index in [-0.39, 0.29) is 11.8 Å². The SMILES string of the molecule is COc1cc(-c2cc(C(=O)NCc3ccc(C(=O)N(C)C)cc3)c3ccccc3n2)cc(OC)c1OC. The Balaban J connectivity index is 1.67. The van der Waals surface area contributed by atoms with E-state index in [1.807, 2.05) is 36.4 Å². The van der Waals surface area contributed by atoms with Crippen molar-refractivity contribution < 1.29 is 23.8 Å². The zero-order valence-corrected chi connectivity index (χ0v) is 21.5. The molecule has 0 saturated carbocycles. The van der Waals surface area contributed by atoms with E-state index in [2.05, 4.69) is 5.32 Å². The van der Waals surface area contributed by atoms with Crippen molar-refractivity contribution in [2.75, 3.05) is 35.4 Å². The molecule has 8 heteroatoms. The number of aromatic nitrogens is 1. The summed E-state index contributed by atoms with van der Waals surface area (Å²) in [5.41, 5.74) is 3.96. The van der Waals surface area contributed by atoms with E-state index in [0.29, 0.717) is 46.1 Å². The molecule has 0 atom stereocenters. The van der Waals surface area contributed by atoms with Gasteiger partial charge in [-0.1, -0.05) is 30.3 Å². The highest BCUT2D eigenvalue weighted by atomic mass is 16.5. The fourth-order valence-corrected chi connectivity index (χ4v) is 4.04. The number of amides is 2. The third-order valence-electron chi connectivity index (χ3n) is 5.98. The molecule has 0 fully saturated rings. The zero-order valence-electron chi connectivity index (χ0n) is 21.5. The van der Waals surface area contributed by atoms with Gasteiger partial charge in [0.05, 0.1) is 38.1 Å². The second kappa shape index (κ2) is 11.0. The van der Waals surface area contributed by atoms with Gasteiger partial charge in [-0.2, -0.15) is 0 Å². The number of carbonyl (C=O) groups is 2. The van der Waals surface area contributed by atoms with Gasteiger partial charge in [0, 0.05) is 37.2 Å². The van der Waals surface area contributed by atoms with Crippen LogP contribution in [0.25, 0.3) is 22.2 Å². The first-order valence-corrected chi connectivity index (χ1v) is 11.6. The molecular weight excluding hydrogens is 470 g/mol. The van der Waals surface area contributed by atoms with Gasteiger partial charge in [0.15, 0.2) is 11.5 Å². The lowest BCUT2D eigenvalue weighted by atomic mass is 10.0. The average molecular weight is 500 g/mol. The van der Waals surface area contributed by atoms with Gasteiger partial charge >= 0.3 is 0 Å². The number of rotatable bonds is 8. The number of para-hydroxylation sites is 1. The second-order valence-electron chi connectivity index (χ2n) is 8.57. The van der Waals surface area contributed by atoms with Crippen molar-refractivity contribution in [2.45, 2.75) is 6.54 Å². The highest BCUT2D eigenvalue weighted by Crippen LogP contribution is 2.41. The lowest BCUT2D eigenvalue weighted by molar-refractivity contribution is 0.0827. The molecule has 0 bridgehead atoms. The van der Waals surface area contributed by atoms with Crippen molar-refractivity contribution >= 4 is 22.7 Å². The largest absolute Gasteiger partial charge is 0.493 e. The van der Waals surface area contributed by atoms with Crippen molar-refractivity contribution in [3.8, 4) is 28.5 Å². The first kappa shape index (κ1) is 25.5. The fraction of sp³-hybridized carbons (Fsp3) is 0.207. The van der Waals surface area contributed by atoms with Gasteiger partial charge in [-0.3, -0.25) is 9.59 Å². The number of pyridine rings is 1. The van der Waals surface area contributed by atoms with E-state index >= 15 is 0 Å². The number of nitrogens with zero attached hydrogens (tertiary/aromatic N) is 2. The Kier molecular flexibility index (Phi) is 7.57. The minimum atomic E-state index is -0.235. The number of fused-ring (bicyclic) bond motifs is 1. The summed E-state index contributed by atoms with van der Waals surface area (Å²) in [6, 6.07) is 20.1. The molecule has 0 spiro atoms. The van der Waals surface area contributed by atoms with E-state index < -0.39 is 0 Å². The quantitative estimate of drug-likeness (QED) is 0.382. The van der Waals surface area contributed by atoms with Crippen LogP contribution in [0.4, 0.5) is 0 Å². The van der Waals surface area contributed by atoms with Crippen LogP contribution in [0.3, 0.4) is 0 Å². The van der Waals surface area contributed by atoms with Crippen LogP contribution in [0.1, 0.15) is 26.3 Å². The Morgan fingerprint density at radius 1 is 0.865 bits per heavy atom. The van der Waals surface area contributed by atoms with Crippen LogP contribution in [0.15, 0.2) is 66.7 Å². The Bertz CT molecular complexity index is 1420. The van der Waals surface area contributed by atoms with Crippen LogP contribution >= 0.6 is 0 Å². The number of benzene rings is 3. The summed E-state index contributed by atoms with van der Waals surface area (Å²) in [4.78, 5) is 31.8. The summed E-state index contributed by atoms with van der Waals surface area (Å²) in [5, 5.41) is 3.73. The summed E-state index contributed by atoms with van der Waals surface area (Å²) in [5.74, 6) is 1.16. The number of ether oxygens (including phenoxy) is 3. The highest BCUT2D eigenvalue weighted by Gasteiger charge is 2.18. The van der Waals surface area contributed by atoms with Gasteiger partial charge in [-0.15, -0.1) is 0 Å². The minimum absolute atomic E-state index is 0.0711. The Morgan fingerprint density at radius 3 is 2.11 bits per heavy atom. The first-order valence-electron chi connectivity index (χ1n) is 11.6. The lowest BCUT2D eigenvalue weighted by Crippen LogP contribution is -2.24. The molecule has 0 aliphatic rings. The first-order chi connectivity index (χ1) is 17.9. The highest BCUT2D eigenvalue weighted by molar-refractivity contribution is 6.07. The molecule has 2 amide bonds. The third-order valence-corrected chi connectivity index (χ3v) is 5.98. The summed E-state index contributed by atoms with van der Waals surface area (Å²) in [7, 11) is 8.07. The number of hydrogen-bond acceptors (Lipinski definition) is 6. The normalized spacial score (nSPS) is 10.6. The maximum atomic E-state index is 13.4. The van der Waals surface area contributed by atoms with E-state index in [0.717, 1.165) is 16.5 Å². The third kappa shape index (κ3) is 5.33. The smallest absolute Gasteiger partial charge is 0.253 e. The monoisotopic (exact) mass is 499 g/mol. The molecule has 190 valence electrons. The molecule has 1 heterocycles. The molecule has 4 aromatic rings. The predicted molar refractivity (Wildman–Crippen MR) is 142 cm³/mol. The summed E-state index contributed by atoms with van der Waals surface area (Å²) in [6.07, 6.45) is 0. The summed E-state index contributed by atoms with van der Waals surface area (Å²) >= 11 is 0. The predicted octanol–water partition coefficient (Wildman–Crippen LogP) is 4.56. The number of hydrogen-bond donors (Lipinski definition) is 1. The maximum Gasteiger partial charge on any atom is 0.253 e. The number of carbonyl (C=O) groups excluding carboxylic acids is 2. The van der Waals surface area contributed by atoms with Gasteiger partial charge < -0.3 is 24.4 Å². The molecule has 8 nitrogen and oxygen atoms in total. The molecule has 0 radical (unpaired) electrons. The summed E-state index contributed by atoms with van der Waals surface area (Å²) < 4.78 is 16.4. The Morgan fingerprint density at radius 2 is 1.51 bits per heavy atom. The van der Waals surface area contributed by atoms with Crippen LogP contribution in [-0.2, 0) is 6.54 Å². The van der Waals surface area contributed by atoms with E-state index in [1.54, 1.807) is 65.8 Å². The Hall–Kier alpha value is -4.59. The molecule has 0 saturated heterocycles. The van der Waals surface area contributed by atoms with Gasteiger partial charge in [-0.25, -0.2) is 4.98 Å². The van der Waals surface area contributed by atoms with Crippen molar-refractivity contribution in [1.82, 2.24) is 15.2 Å². The van der Waals surface area contributed by atoms with Crippen molar-refractivity contribution in [3.63, 3.8) is 0 Å². The van der Waals surface area contributed by atoms with E-state index in [9.17, 15) is 9.59 Å². The number of methoxy groups -OCH3 is 3. The molecule has 0 aliphatic heterocycles. The molecule has 0 aliphatic carbocycles. The van der Waals surface area contributed by atoms with Crippen molar-refractivity contribution in [1.29, 1.82) is 0 Å². The van der Waals surface area contributed by atoms with Crippen LogP contribution in [0.2, 0.25) is 0 Å². The van der Waals surface area contributed by atoms with Crippen LogP contribution in [-0.4, -0.2) is 57.1 Å². The molecular formula is C29H29N3O5. The average Bonchev–Trinajstić information content (AvgIpc) is 2.94. The molecule has 4 rings (SSSR count). The van der Waals surface area contributed by atoms with Gasteiger partial charge in [0.25, 0.3) is 11.8 Å². The van der Waals surface area contributed by atoms with Gasteiger partial charge in [0.1, 0.15) is 0 Å². The zero-order chi connectivity index (χ0) is 26.5. The molecule has 1 N–H and O–H groups in total. The van der Waals surface area contributed by atoms with Gasteiger partial charge in [0.2, 0.25) is 5.75 Å². The molecule has 1 aromatic heterocycles. The van der Waals surface area contributed by atoms with Gasteiger partial charge in [-0.05, 0) is 42.0 Å². The topological polar surface area (TPSA) is 90.0 Å². The maximum absolute atomic E-state index is 13.4. The van der Waals surface area contributed by atoms with E-state index in [4.69, 9.17) is 19.2 Å². The Labute approximate surface area is 215 Å². The standard InChI is InChI=1S/C29H29N3O5/c1-32(2)29(34)19-12-10-18(11-13-19)17-30-28(33)22-16-24(31-23-9-7-6-8-21(22)23)20-14-25(35-3)27(37-5)26(15-20)36-4/h6-16H,17H2,1-5H3,(H,30,33). The number of nitrogens with one attached hydrogen (secondary N) is 1. The summed E-state index contributed by atoms with van der Waals surface area (Å²) in [6.45, 7) is 0.311. The molecule has 0 unspecified atom stereocenters. The van der Waals surface area contributed by atoms with Crippen LogP contribution in [0, 0.1) is 0 Å². The van der Waals surface area contributed by atoms with Crippen LogP contribution in [0.5, 0.6) is 17.2 Å². The minimum Gasteiger partial charge on any atom is -0.493 e.